The van der Waals surface area contributed by atoms with Crippen molar-refractivity contribution < 1.29 is 4.39 Å². The maximum atomic E-state index is 13.3. The smallest absolute Gasteiger partial charge is 0.126 e. The van der Waals surface area contributed by atoms with Crippen molar-refractivity contribution in [2.75, 3.05) is 11.9 Å². The fraction of sp³-hybridized carbons (Fsp3) is 0.647. The van der Waals surface area contributed by atoms with Gasteiger partial charge in [-0.05, 0) is 68.8 Å². The van der Waals surface area contributed by atoms with Crippen molar-refractivity contribution in [2.24, 2.45) is 5.92 Å². The topological polar surface area (TPSA) is 24.1 Å². The highest BCUT2D eigenvalue weighted by Crippen LogP contribution is 2.33. The molecule has 3 unspecified atom stereocenters. The van der Waals surface area contributed by atoms with Crippen LogP contribution in [0.1, 0.15) is 44.1 Å². The van der Waals surface area contributed by atoms with Gasteiger partial charge >= 0.3 is 0 Å². The quantitative estimate of drug-likeness (QED) is 0.876. The normalized spacial score (nSPS) is 30.4. The van der Waals surface area contributed by atoms with Crippen LogP contribution in [0.25, 0.3) is 0 Å². The van der Waals surface area contributed by atoms with E-state index in [4.69, 9.17) is 0 Å². The summed E-state index contributed by atoms with van der Waals surface area (Å²) in [6.45, 7) is 3.00. The van der Waals surface area contributed by atoms with Gasteiger partial charge in [-0.3, -0.25) is 0 Å². The van der Waals surface area contributed by atoms with Crippen LogP contribution in [0, 0.1) is 18.7 Å². The van der Waals surface area contributed by atoms with Gasteiger partial charge in [-0.1, -0.05) is 12.8 Å². The summed E-state index contributed by atoms with van der Waals surface area (Å²) in [5, 5.41) is 7.35. The minimum atomic E-state index is -0.118. The minimum Gasteiger partial charge on any atom is -0.382 e. The van der Waals surface area contributed by atoms with Crippen LogP contribution in [0.3, 0.4) is 0 Å². The molecular weight excluding hydrogens is 251 g/mol. The molecule has 2 aliphatic rings. The average molecular weight is 276 g/mol. The molecule has 0 bridgehead atoms. The minimum absolute atomic E-state index is 0.118. The number of anilines is 1. The standard InChI is InChI=1S/C17H25FN2/c1-12-11-13(8-9-15(12)18)20-17-7-4-5-14(17)16-6-2-3-10-19-16/h8-9,11,14,16-17,19-20H,2-7,10H2,1H3. The molecule has 2 fully saturated rings. The third-order valence-corrected chi connectivity index (χ3v) is 4.94. The van der Waals surface area contributed by atoms with Gasteiger partial charge in [0.25, 0.3) is 0 Å². The monoisotopic (exact) mass is 276 g/mol. The highest BCUT2D eigenvalue weighted by Gasteiger charge is 2.34. The molecule has 0 amide bonds. The third-order valence-electron chi connectivity index (χ3n) is 4.94. The predicted molar refractivity (Wildman–Crippen MR) is 81.5 cm³/mol. The third kappa shape index (κ3) is 2.98. The lowest BCUT2D eigenvalue weighted by Crippen LogP contribution is -2.44. The lowest BCUT2D eigenvalue weighted by Gasteiger charge is -2.33. The molecule has 2 nitrogen and oxygen atoms in total. The first-order valence-corrected chi connectivity index (χ1v) is 8.00. The predicted octanol–water partition coefficient (Wildman–Crippen LogP) is 3.86. The van der Waals surface area contributed by atoms with E-state index in [2.05, 4.69) is 10.6 Å². The Balaban J connectivity index is 1.67. The van der Waals surface area contributed by atoms with Crippen LogP contribution in [0.15, 0.2) is 18.2 Å². The number of benzene rings is 1. The fourth-order valence-electron chi connectivity index (χ4n) is 3.84. The Bertz CT molecular complexity index is 454. The zero-order chi connectivity index (χ0) is 13.9. The largest absolute Gasteiger partial charge is 0.382 e. The van der Waals surface area contributed by atoms with Crippen LogP contribution in [-0.2, 0) is 0 Å². The van der Waals surface area contributed by atoms with Crippen molar-refractivity contribution in [2.45, 2.75) is 57.5 Å². The molecule has 1 aromatic rings. The van der Waals surface area contributed by atoms with Gasteiger partial charge in [-0.25, -0.2) is 4.39 Å². The van der Waals surface area contributed by atoms with Crippen molar-refractivity contribution >= 4 is 5.69 Å². The summed E-state index contributed by atoms with van der Waals surface area (Å²) < 4.78 is 13.3. The molecule has 1 aliphatic carbocycles. The molecule has 1 aromatic carbocycles. The number of rotatable bonds is 3. The number of halogens is 1. The second-order valence-corrected chi connectivity index (χ2v) is 6.37. The number of hydrogen-bond acceptors (Lipinski definition) is 2. The first-order valence-electron chi connectivity index (χ1n) is 8.00. The maximum absolute atomic E-state index is 13.3. The van der Waals surface area contributed by atoms with Crippen molar-refractivity contribution in [1.82, 2.24) is 5.32 Å². The number of nitrogens with one attached hydrogen (secondary N) is 2. The SMILES string of the molecule is Cc1cc(NC2CCCC2C2CCCCN2)ccc1F. The Morgan fingerprint density at radius 3 is 2.80 bits per heavy atom. The summed E-state index contributed by atoms with van der Waals surface area (Å²) in [5.74, 6) is 0.605. The van der Waals surface area contributed by atoms with Gasteiger partial charge in [0.05, 0.1) is 0 Å². The molecule has 0 radical (unpaired) electrons. The van der Waals surface area contributed by atoms with E-state index in [-0.39, 0.29) is 5.82 Å². The van der Waals surface area contributed by atoms with Gasteiger partial charge in [0.1, 0.15) is 5.82 Å². The Morgan fingerprint density at radius 1 is 1.15 bits per heavy atom. The van der Waals surface area contributed by atoms with E-state index >= 15 is 0 Å². The first kappa shape index (κ1) is 13.9. The van der Waals surface area contributed by atoms with Gasteiger partial charge in [-0.2, -0.15) is 0 Å². The lowest BCUT2D eigenvalue weighted by atomic mass is 9.88. The highest BCUT2D eigenvalue weighted by molar-refractivity contribution is 5.47. The van der Waals surface area contributed by atoms with Crippen LogP contribution < -0.4 is 10.6 Å². The van der Waals surface area contributed by atoms with Gasteiger partial charge in [0, 0.05) is 17.8 Å². The molecule has 3 heteroatoms. The molecule has 110 valence electrons. The zero-order valence-electron chi connectivity index (χ0n) is 12.3. The van der Waals surface area contributed by atoms with E-state index in [0.717, 1.165) is 17.2 Å². The Morgan fingerprint density at radius 2 is 2.05 bits per heavy atom. The Hall–Kier alpha value is -1.09. The number of piperidine rings is 1. The molecule has 0 spiro atoms. The second kappa shape index (κ2) is 6.13. The van der Waals surface area contributed by atoms with Crippen LogP contribution in [0.4, 0.5) is 10.1 Å². The summed E-state index contributed by atoms with van der Waals surface area (Å²) in [6, 6.07) is 6.58. The van der Waals surface area contributed by atoms with E-state index < -0.39 is 0 Å². The van der Waals surface area contributed by atoms with Crippen LogP contribution in [0.5, 0.6) is 0 Å². The molecule has 1 aliphatic heterocycles. The van der Waals surface area contributed by atoms with E-state index in [0.29, 0.717) is 12.1 Å². The van der Waals surface area contributed by atoms with Gasteiger partial charge < -0.3 is 10.6 Å². The van der Waals surface area contributed by atoms with E-state index in [9.17, 15) is 4.39 Å². The molecule has 1 saturated heterocycles. The molecule has 2 N–H and O–H groups in total. The number of hydrogen-bond donors (Lipinski definition) is 2. The zero-order valence-corrected chi connectivity index (χ0v) is 12.3. The van der Waals surface area contributed by atoms with Gasteiger partial charge in [0.15, 0.2) is 0 Å². The summed E-state index contributed by atoms with van der Waals surface area (Å²) in [4.78, 5) is 0. The number of aryl methyl sites for hydroxylation is 1. The fourth-order valence-corrected chi connectivity index (χ4v) is 3.84. The van der Waals surface area contributed by atoms with Gasteiger partial charge in [0.2, 0.25) is 0 Å². The molecule has 1 heterocycles. The Labute approximate surface area is 121 Å². The molecular formula is C17H25FN2. The summed E-state index contributed by atoms with van der Waals surface area (Å²) in [7, 11) is 0. The van der Waals surface area contributed by atoms with Crippen LogP contribution in [0.2, 0.25) is 0 Å². The molecule has 3 atom stereocenters. The Kier molecular flexibility index (Phi) is 4.25. The van der Waals surface area contributed by atoms with Gasteiger partial charge in [-0.15, -0.1) is 0 Å². The van der Waals surface area contributed by atoms with E-state index in [1.54, 1.807) is 6.07 Å². The summed E-state index contributed by atoms with van der Waals surface area (Å²) in [5.41, 5.74) is 1.79. The highest BCUT2D eigenvalue weighted by atomic mass is 19.1. The van der Waals surface area contributed by atoms with Crippen molar-refractivity contribution in [1.29, 1.82) is 0 Å². The van der Waals surface area contributed by atoms with Crippen molar-refractivity contribution in [3.05, 3.63) is 29.6 Å². The molecule has 0 aromatic heterocycles. The van der Waals surface area contributed by atoms with Crippen molar-refractivity contribution in [3.63, 3.8) is 0 Å². The average Bonchev–Trinajstić information content (AvgIpc) is 2.92. The van der Waals surface area contributed by atoms with E-state index in [1.165, 1.54) is 45.1 Å². The van der Waals surface area contributed by atoms with Crippen LogP contribution in [-0.4, -0.2) is 18.6 Å². The summed E-state index contributed by atoms with van der Waals surface area (Å²) in [6.07, 6.45) is 7.84. The van der Waals surface area contributed by atoms with Crippen molar-refractivity contribution in [3.8, 4) is 0 Å². The van der Waals surface area contributed by atoms with Crippen LogP contribution >= 0.6 is 0 Å². The first-order chi connectivity index (χ1) is 9.74. The lowest BCUT2D eigenvalue weighted by molar-refractivity contribution is 0.286. The second-order valence-electron chi connectivity index (χ2n) is 6.37. The molecule has 1 saturated carbocycles. The van der Waals surface area contributed by atoms with E-state index in [1.807, 2.05) is 19.1 Å². The maximum Gasteiger partial charge on any atom is 0.126 e. The molecule has 20 heavy (non-hydrogen) atoms. The summed E-state index contributed by atoms with van der Waals surface area (Å²) >= 11 is 0. The molecule has 3 rings (SSSR count).